The van der Waals surface area contributed by atoms with Gasteiger partial charge in [-0.15, -0.1) is 0 Å². The van der Waals surface area contributed by atoms with Gasteiger partial charge in [0.15, 0.2) is 0 Å². The van der Waals surface area contributed by atoms with E-state index in [1.165, 1.54) is 22.3 Å². The molecule has 0 bridgehead atoms. The minimum absolute atomic E-state index is 0.0732. The quantitative estimate of drug-likeness (QED) is 0.200. The summed E-state index contributed by atoms with van der Waals surface area (Å²) < 4.78 is 37.3. The molecule has 1 heteroatoms. The molecule has 0 spiro atoms. The molecule has 0 aromatic heterocycles. The summed E-state index contributed by atoms with van der Waals surface area (Å²) in [4.78, 5) is 1.87. The van der Waals surface area contributed by atoms with Crippen molar-refractivity contribution in [2.75, 3.05) is 4.90 Å². The first-order chi connectivity index (χ1) is 23.3. The van der Waals surface area contributed by atoms with Gasteiger partial charge in [0.2, 0.25) is 0 Å². The summed E-state index contributed by atoms with van der Waals surface area (Å²) in [7, 11) is 0. The SMILES string of the molecule is [2H]c1c([2H])c(N(c2ccccc2)c2ccc3c(c2)C(C)(C)c2ccccc2-3)c([2H])c([2H])c1-c1cccc(-c2cccc3ccccc23)c1. The van der Waals surface area contributed by atoms with Crippen LogP contribution in [-0.2, 0) is 5.41 Å². The number of hydrogen-bond donors (Lipinski definition) is 0. The fourth-order valence-corrected chi connectivity index (χ4v) is 6.70. The van der Waals surface area contributed by atoms with Crippen LogP contribution in [0, 0.1) is 0 Å². The van der Waals surface area contributed by atoms with Crippen LogP contribution in [0.25, 0.3) is 44.2 Å². The van der Waals surface area contributed by atoms with Crippen LogP contribution in [0.4, 0.5) is 17.1 Å². The highest BCUT2D eigenvalue weighted by molar-refractivity contribution is 5.97. The molecular formula is C43H33N. The van der Waals surface area contributed by atoms with E-state index in [0.29, 0.717) is 5.56 Å². The maximum absolute atomic E-state index is 9.38. The molecule has 1 aliphatic carbocycles. The molecule has 0 saturated heterocycles. The van der Waals surface area contributed by atoms with E-state index in [0.717, 1.165) is 33.3 Å². The Kier molecular flexibility index (Phi) is 5.24. The Morgan fingerprint density at radius 3 is 1.98 bits per heavy atom. The molecule has 1 aliphatic rings. The number of nitrogens with zero attached hydrogens (tertiary/aromatic N) is 1. The average Bonchev–Trinajstić information content (AvgIpc) is 3.35. The highest BCUT2D eigenvalue weighted by Gasteiger charge is 2.35. The summed E-state index contributed by atoms with van der Waals surface area (Å²) in [6.45, 7) is 4.45. The van der Waals surface area contributed by atoms with Crippen molar-refractivity contribution in [1.82, 2.24) is 0 Å². The van der Waals surface area contributed by atoms with Crippen molar-refractivity contribution in [2.24, 2.45) is 0 Å². The summed E-state index contributed by atoms with van der Waals surface area (Å²) in [5.74, 6) is 0. The zero-order valence-corrected chi connectivity index (χ0v) is 24.7. The lowest BCUT2D eigenvalue weighted by Gasteiger charge is -2.28. The molecule has 44 heavy (non-hydrogen) atoms. The summed E-state index contributed by atoms with van der Waals surface area (Å²) in [6.07, 6.45) is 0. The Morgan fingerprint density at radius 2 is 1.11 bits per heavy atom. The monoisotopic (exact) mass is 567 g/mol. The molecule has 0 aliphatic heterocycles. The van der Waals surface area contributed by atoms with Gasteiger partial charge >= 0.3 is 0 Å². The molecule has 0 unspecified atom stereocenters. The fraction of sp³-hybridized carbons (Fsp3) is 0.0698. The Morgan fingerprint density at radius 1 is 0.455 bits per heavy atom. The molecule has 1 nitrogen and oxygen atoms in total. The van der Waals surface area contributed by atoms with E-state index < -0.39 is 0 Å². The molecule has 7 aromatic carbocycles. The van der Waals surface area contributed by atoms with Crippen LogP contribution < -0.4 is 4.90 Å². The second-order valence-electron chi connectivity index (χ2n) is 11.9. The van der Waals surface area contributed by atoms with Gasteiger partial charge in [-0.25, -0.2) is 0 Å². The highest BCUT2D eigenvalue weighted by Crippen LogP contribution is 2.50. The molecule has 0 radical (unpaired) electrons. The first kappa shape index (κ1) is 22.2. The van der Waals surface area contributed by atoms with Crippen LogP contribution >= 0.6 is 0 Å². The Labute approximate surface area is 265 Å². The standard InChI is InChI=1S/C43H33N/c1-43(2)41-21-9-8-19-39(41)40-27-26-36(29-42(40)43)44(34-16-4-3-5-17-34)35-24-22-30(23-25-35)32-14-10-15-33(28-32)38-20-11-13-31-12-6-7-18-37(31)38/h3-29H,1-2H3/i22D,23D,24D,25D. The molecule has 0 saturated carbocycles. The lowest BCUT2D eigenvalue weighted by Crippen LogP contribution is -2.16. The molecule has 0 atom stereocenters. The van der Waals surface area contributed by atoms with Gasteiger partial charge in [-0.2, -0.15) is 0 Å². The third kappa shape index (κ3) is 4.32. The number of fused-ring (bicyclic) bond motifs is 4. The van der Waals surface area contributed by atoms with Crippen LogP contribution in [0.5, 0.6) is 0 Å². The van der Waals surface area contributed by atoms with E-state index in [1.807, 2.05) is 83.8 Å². The summed E-state index contributed by atoms with van der Waals surface area (Å²) >= 11 is 0. The lowest BCUT2D eigenvalue weighted by molar-refractivity contribution is 0.660. The van der Waals surface area contributed by atoms with Crippen molar-refractivity contribution in [1.29, 1.82) is 0 Å². The van der Waals surface area contributed by atoms with Crippen molar-refractivity contribution in [3.8, 4) is 33.4 Å². The van der Waals surface area contributed by atoms with Gasteiger partial charge in [0.25, 0.3) is 0 Å². The minimum atomic E-state index is -0.238. The predicted octanol–water partition coefficient (Wildman–Crippen LogP) is 11.9. The second kappa shape index (κ2) is 10.4. The van der Waals surface area contributed by atoms with E-state index in [1.54, 1.807) is 0 Å². The number of para-hydroxylation sites is 1. The van der Waals surface area contributed by atoms with Crippen molar-refractivity contribution in [2.45, 2.75) is 19.3 Å². The van der Waals surface area contributed by atoms with Gasteiger partial charge < -0.3 is 4.90 Å². The molecule has 210 valence electrons. The lowest BCUT2D eigenvalue weighted by atomic mass is 9.82. The number of anilines is 3. The fourth-order valence-electron chi connectivity index (χ4n) is 6.70. The van der Waals surface area contributed by atoms with E-state index in [9.17, 15) is 5.48 Å². The van der Waals surface area contributed by atoms with E-state index in [-0.39, 0.29) is 40.8 Å². The van der Waals surface area contributed by atoms with Crippen LogP contribution in [0.15, 0.2) is 164 Å². The zero-order chi connectivity index (χ0) is 33.2. The van der Waals surface area contributed by atoms with Crippen molar-refractivity contribution < 1.29 is 5.48 Å². The maximum atomic E-state index is 9.38. The minimum Gasteiger partial charge on any atom is -0.310 e. The van der Waals surface area contributed by atoms with Crippen LogP contribution in [0.2, 0.25) is 0 Å². The second-order valence-corrected chi connectivity index (χ2v) is 11.9. The average molecular weight is 568 g/mol. The Balaban J connectivity index is 1.30. The number of rotatable bonds is 5. The molecule has 0 fully saturated rings. The van der Waals surface area contributed by atoms with Crippen LogP contribution in [-0.4, -0.2) is 0 Å². The maximum Gasteiger partial charge on any atom is 0.0645 e. The Hall–Kier alpha value is -5.40. The number of hydrogen-bond acceptors (Lipinski definition) is 1. The molecule has 7 aromatic rings. The van der Waals surface area contributed by atoms with Gasteiger partial charge in [0, 0.05) is 22.5 Å². The van der Waals surface area contributed by atoms with Gasteiger partial charge in [-0.05, 0) is 97.7 Å². The van der Waals surface area contributed by atoms with Gasteiger partial charge in [0.1, 0.15) is 0 Å². The van der Waals surface area contributed by atoms with Crippen LogP contribution in [0.3, 0.4) is 0 Å². The highest BCUT2D eigenvalue weighted by atomic mass is 15.1. The smallest absolute Gasteiger partial charge is 0.0645 e. The molecular weight excluding hydrogens is 530 g/mol. The number of benzene rings is 7. The van der Waals surface area contributed by atoms with Crippen molar-refractivity contribution in [3.63, 3.8) is 0 Å². The van der Waals surface area contributed by atoms with Crippen molar-refractivity contribution in [3.05, 3.63) is 175 Å². The molecule has 8 rings (SSSR count). The van der Waals surface area contributed by atoms with Gasteiger partial charge in [0.05, 0.1) is 5.48 Å². The topological polar surface area (TPSA) is 3.24 Å². The largest absolute Gasteiger partial charge is 0.310 e. The van der Waals surface area contributed by atoms with Crippen molar-refractivity contribution >= 4 is 27.8 Å². The normalized spacial score (nSPS) is 14.2. The summed E-state index contributed by atoms with van der Waals surface area (Å²) in [5, 5.41) is 2.25. The predicted molar refractivity (Wildman–Crippen MR) is 187 cm³/mol. The molecule has 0 heterocycles. The molecule has 0 N–H and O–H groups in total. The van der Waals surface area contributed by atoms with E-state index in [4.69, 9.17) is 0 Å². The molecule has 0 amide bonds. The van der Waals surface area contributed by atoms with Gasteiger partial charge in [-0.3, -0.25) is 0 Å². The summed E-state index contributed by atoms with van der Waals surface area (Å²) in [5.41, 5.74) is 9.30. The first-order valence-electron chi connectivity index (χ1n) is 17.0. The van der Waals surface area contributed by atoms with Gasteiger partial charge in [-0.1, -0.05) is 135 Å². The Bertz CT molecular complexity index is 2340. The summed E-state index contributed by atoms with van der Waals surface area (Å²) in [6, 6.07) is 46.4. The third-order valence-electron chi connectivity index (χ3n) is 8.93. The van der Waals surface area contributed by atoms with Crippen LogP contribution in [0.1, 0.15) is 30.5 Å². The van der Waals surface area contributed by atoms with E-state index >= 15 is 0 Å². The third-order valence-corrected chi connectivity index (χ3v) is 8.93. The zero-order valence-electron chi connectivity index (χ0n) is 28.7. The first-order valence-corrected chi connectivity index (χ1v) is 15.0. The van der Waals surface area contributed by atoms with E-state index in [2.05, 4.69) is 74.5 Å².